The van der Waals surface area contributed by atoms with Crippen molar-refractivity contribution in [1.29, 1.82) is 0 Å². The Morgan fingerprint density at radius 1 is 1.18 bits per heavy atom. The van der Waals surface area contributed by atoms with Crippen molar-refractivity contribution in [2.75, 3.05) is 7.11 Å². The Kier molecular flexibility index (Phi) is 3.45. The number of nitrogens with zero attached hydrogens (tertiary/aromatic N) is 1. The van der Waals surface area contributed by atoms with Crippen LogP contribution in [0, 0.1) is 5.41 Å². The van der Waals surface area contributed by atoms with Crippen LogP contribution in [0.15, 0.2) is 18.3 Å². The first kappa shape index (κ1) is 15.3. The Labute approximate surface area is 126 Å². The number of pyridine rings is 1. The Hall–Kier alpha value is -1.59. The number of hydrogen-bond acceptors (Lipinski definition) is 3. The lowest BCUT2D eigenvalue weighted by molar-refractivity contribution is -0.160. The summed E-state index contributed by atoms with van der Waals surface area (Å²) in [7, 11) is 1.39. The van der Waals surface area contributed by atoms with E-state index in [1.54, 1.807) is 0 Å². The Balaban J connectivity index is 1.88. The van der Waals surface area contributed by atoms with Crippen LogP contribution < -0.4 is 0 Å². The third kappa shape index (κ3) is 2.29. The summed E-state index contributed by atoms with van der Waals surface area (Å²) in [5.74, 6) is -0.183. The van der Waals surface area contributed by atoms with E-state index in [-0.39, 0.29) is 11.4 Å². The molecule has 0 saturated heterocycles. The molecule has 1 aromatic rings. The molecule has 3 nitrogen and oxygen atoms in total. The standard InChI is InChI=1S/C16H18F3NO2/c1-22-13(21)15-6-3-14(4-7-15,5-8-15)12-10-11(2-9-20-12)16(17,18)19/h2,9-10H,3-8H2,1H3. The third-order valence-corrected chi connectivity index (χ3v) is 5.50. The number of aromatic nitrogens is 1. The second-order valence-corrected chi connectivity index (χ2v) is 6.48. The minimum absolute atomic E-state index is 0.183. The molecule has 0 aliphatic heterocycles. The van der Waals surface area contributed by atoms with E-state index >= 15 is 0 Å². The third-order valence-electron chi connectivity index (χ3n) is 5.50. The van der Waals surface area contributed by atoms with Crippen molar-refractivity contribution in [3.63, 3.8) is 0 Å². The molecule has 120 valence electrons. The number of methoxy groups -OCH3 is 1. The van der Waals surface area contributed by atoms with E-state index in [1.165, 1.54) is 19.4 Å². The molecule has 3 saturated carbocycles. The number of ether oxygens (including phenoxy) is 1. The van der Waals surface area contributed by atoms with E-state index in [1.807, 2.05) is 0 Å². The van der Waals surface area contributed by atoms with Gasteiger partial charge in [-0.05, 0) is 50.7 Å². The first-order chi connectivity index (χ1) is 10.3. The summed E-state index contributed by atoms with van der Waals surface area (Å²) in [6.45, 7) is 0. The molecule has 4 rings (SSSR count). The Morgan fingerprint density at radius 3 is 2.27 bits per heavy atom. The highest BCUT2D eigenvalue weighted by Crippen LogP contribution is 2.58. The summed E-state index contributed by atoms with van der Waals surface area (Å²) < 4.78 is 43.6. The number of fused-ring (bicyclic) bond motifs is 3. The largest absolute Gasteiger partial charge is 0.469 e. The van der Waals surface area contributed by atoms with Crippen molar-refractivity contribution < 1.29 is 22.7 Å². The van der Waals surface area contributed by atoms with Crippen LogP contribution in [0.25, 0.3) is 0 Å². The van der Waals surface area contributed by atoms with E-state index in [9.17, 15) is 18.0 Å². The Morgan fingerprint density at radius 2 is 1.77 bits per heavy atom. The molecule has 3 aliphatic rings. The predicted octanol–water partition coefficient (Wildman–Crippen LogP) is 3.87. The van der Waals surface area contributed by atoms with Gasteiger partial charge in [0.05, 0.1) is 18.1 Å². The van der Waals surface area contributed by atoms with Crippen LogP contribution in [0.2, 0.25) is 0 Å². The molecule has 0 amide bonds. The zero-order chi connectivity index (χ0) is 16.0. The minimum atomic E-state index is -4.35. The van der Waals surface area contributed by atoms with E-state index in [0.29, 0.717) is 44.2 Å². The van der Waals surface area contributed by atoms with Gasteiger partial charge in [-0.25, -0.2) is 0 Å². The van der Waals surface area contributed by atoms with Crippen molar-refractivity contribution in [3.05, 3.63) is 29.6 Å². The summed E-state index contributed by atoms with van der Waals surface area (Å²) in [6.07, 6.45) is 0.952. The maximum absolute atomic E-state index is 12.9. The maximum atomic E-state index is 12.9. The van der Waals surface area contributed by atoms with Crippen LogP contribution in [0.5, 0.6) is 0 Å². The van der Waals surface area contributed by atoms with Crippen LogP contribution in [-0.4, -0.2) is 18.1 Å². The van der Waals surface area contributed by atoms with Crippen molar-refractivity contribution in [2.24, 2.45) is 5.41 Å². The van der Waals surface area contributed by atoms with Gasteiger partial charge in [-0.1, -0.05) is 0 Å². The molecule has 0 atom stereocenters. The molecule has 6 heteroatoms. The molecule has 1 aromatic heterocycles. The van der Waals surface area contributed by atoms with Crippen LogP contribution in [0.4, 0.5) is 13.2 Å². The van der Waals surface area contributed by atoms with Crippen LogP contribution in [0.3, 0.4) is 0 Å². The molecule has 22 heavy (non-hydrogen) atoms. The van der Waals surface area contributed by atoms with Crippen molar-refractivity contribution >= 4 is 5.97 Å². The second-order valence-electron chi connectivity index (χ2n) is 6.48. The summed E-state index contributed by atoms with van der Waals surface area (Å²) in [6, 6.07) is 2.18. The predicted molar refractivity (Wildman–Crippen MR) is 73.1 cm³/mol. The highest BCUT2D eigenvalue weighted by Gasteiger charge is 2.54. The fourth-order valence-electron chi connectivity index (χ4n) is 3.99. The van der Waals surface area contributed by atoms with Crippen LogP contribution in [0.1, 0.15) is 49.8 Å². The maximum Gasteiger partial charge on any atom is 0.416 e. The summed E-state index contributed by atoms with van der Waals surface area (Å²) in [5, 5.41) is 0. The molecule has 0 unspecified atom stereocenters. The summed E-state index contributed by atoms with van der Waals surface area (Å²) in [5.41, 5.74) is -0.891. The first-order valence-corrected chi connectivity index (χ1v) is 7.44. The lowest BCUT2D eigenvalue weighted by atomic mass is 9.52. The molecule has 0 radical (unpaired) electrons. The summed E-state index contributed by atoms with van der Waals surface area (Å²) in [4.78, 5) is 16.2. The highest BCUT2D eigenvalue weighted by molar-refractivity contribution is 5.77. The number of esters is 1. The second kappa shape index (κ2) is 4.96. The fourth-order valence-corrected chi connectivity index (χ4v) is 3.99. The zero-order valence-electron chi connectivity index (χ0n) is 12.4. The number of halogens is 3. The number of hydrogen-bond donors (Lipinski definition) is 0. The van der Waals surface area contributed by atoms with Gasteiger partial charge in [-0.2, -0.15) is 13.2 Å². The number of carbonyl (C=O) groups excluding carboxylic acids is 1. The molecule has 2 bridgehead atoms. The van der Waals surface area contributed by atoms with E-state index in [2.05, 4.69) is 4.98 Å². The minimum Gasteiger partial charge on any atom is -0.469 e. The normalized spacial score (nSPS) is 31.1. The van der Waals surface area contributed by atoms with Gasteiger partial charge in [0.2, 0.25) is 0 Å². The van der Waals surface area contributed by atoms with Gasteiger partial charge in [0.15, 0.2) is 0 Å². The van der Waals surface area contributed by atoms with Gasteiger partial charge in [0, 0.05) is 17.3 Å². The highest BCUT2D eigenvalue weighted by atomic mass is 19.4. The van der Waals surface area contributed by atoms with Crippen molar-refractivity contribution in [1.82, 2.24) is 4.98 Å². The quantitative estimate of drug-likeness (QED) is 0.778. The molecule has 3 fully saturated rings. The monoisotopic (exact) mass is 313 g/mol. The molecule has 0 spiro atoms. The van der Waals surface area contributed by atoms with Crippen LogP contribution in [-0.2, 0) is 21.1 Å². The zero-order valence-corrected chi connectivity index (χ0v) is 12.4. The molecule has 1 heterocycles. The molecular formula is C16H18F3NO2. The average Bonchev–Trinajstić information content (AvgIpc) is 2.55. The van der Waals surface area contributed by atoms with Gasteiger partial charge < -0.3 is 4.74 Å². The lowest BCUT2D eigenvalue weighted by Crippen LogP contribution is -2.48. The Bertz CT molecular complexity index is 573. The first-order valence-electron chi connectivity index (χ1n) is 7.44. The number of alkyl halides is 3. The van der Waals surface area contributed by atoms with Crippen LogP contribution >= 0.6 is 0 Å². The van der Waals surface area contributed by atoms with Gasteiger partial charge in [-0.3, -0.25) is 9.78 Å². The number of rotatable bonds is 2. The molecule has 0 aromatic carbocycles. The van der Waals surface area contributed by atoms with Crippen molar-refractivity contribution in [2.45, 2.75) is 50.1 Å². The number of carbonyl (C=O) groups is 1. The summed E-state index contributed by atoms with van der Waals surface area (Å²) >= 11 is 0. The molecular weight excluding hydrogens is 295 g/mol. The fraction of sp³-hybridized carbons (Fsp3) is 0.625. The van der Waals surface area contributed by atoms with E-state index < -0.39 is 17.2 Å². The smallest absolute Gasteiger partial charge is 0.416 e. The average molecular weight is 313 g/mol. The van der Waals surface area contributed by atoms with Gasteiger partial charge >= 0.3 is 12.1 Å². The SMILES string of the molecule is COC(=O)C12CCC(c3cc(C(F)(F)F)ccn3)(CC1)CC2. The van der Waals surface area contributed by atoms with E-state index in [0.717, 1.165) is 6.07 Å². The molecule has 3 aliphatic carbocycles. The topological polar surface area (TPSA) is 39.2 Å². The van der Waals surface area contributed by atoms with Crippen molar-refractivity contribution in [3.8, 4) is 0 Å². The molecule has 0 N–H and O–H groups in total. The van der Waals surface area contributed by atoms with Gasteiger partial charge in [0.25, 0.3) is 0 Å². The van der Waals surface area contributed by atoms with Gasteiger partial charge in [-0.15, -0.1) is 0 Å². The van der Waals surface area contributed by atoms with E-state index in [4.69, 9.17) is 4.74 Å². The lowest BCUT2D eigenvalue weighted by Gasteiger charge is -2.51. The van der Waals surface area contributed by atoms with Gasteiger partial charge in [0.1, 0.15) is 0 Å².